The van der Waals surface area contributed by atoms with E-state index < -0.39 is 0 Å². The molecule has 0 aliphatic carbocycles. The Balaban J connectivity index is 2.71. The highest BCUT2D eigenvalue weighted by molar-refractivity contribution is 9.10. The van der Waals surface area contributed by atoms with Crippen molar-refractivity contribution < 1.29 is 0 Å². The number of halogens is 1. The van der Waals surface area contributed by atoms with E-state index in [2.05, 4.69) is 46.8 Å². The fourth-order valence-electron chi connectivity index (χ4n) is 1.96. The van der Waals surface area contributed by atoms with Crippen molar-refractivity contribution >= 4 is 15.9 Å². The molecule has 0 bridgehead atoms. The van der Waals surface area contributed by atoms with Crippen molar-refractivity contribution in [1.29, 1.82) is 0 Å². The Kier molecular flexibility index (Phi) is 4.75. The van der Waals surface area contributed by atoms with Crippen LogP contribution in [0.25, 0.3) is 0 Å². The van der Waals surface area contributed by atoms with Crippen LogP contribution in [-0.2, 0) is 13.6 Å². The third-order valence-corrected chi connectivity index (χ3v) is 3.96. The lowest BCUT2D eigenvalue weighted by atomic mass is 9.93. The van der Waals surface area contributed by atoms with E-state index in [9.17, 15) is 0 Å². The van der Waals surface area contributed by atoms with Crippen LogP contribution in [0.15, 0.2) is 4.47 Å². The molecular formula is C12H23BrN4. The number of rotatable bonds is 5. The van der Waals surface area contributed by atoms with Crippen LogP contribution < -0.4 is 5.73 Å². The maximum atomic E-state index is 5.76. The van der Waals surface area contributed by atoms with E-state index in [1.54, 1.807) is 0 Å². The Morgan fingerprint density at radius 1 is 1.47 bits per heavy atom. The number of hydrogen-bond donors (Lipinski definition) is 1. The third-order valence-electron chi connectivity index (χ3n) is 2.93. The molecule has 1 heterocycles. The Morgan fingerprint density at radius 2 is 2.06 bits per heavy atom. The second-order valence-corrected chi connectivity index (χ2v) is 6.30. The van der Waals surface area contributed by atoms with Crippen LogP contribution in [0.4, 0.5) is 0 Å². The summed E-state index contributed by atoms with van der Waals surface area (Å²) in [6.45, 7) is 8.93. The topological polar surface area (TPSA) is 47.1 Å². The van der Waals surface area contributed by atoms with Crippen LogP contribution in [-0.4, -0.2) is 34.8 Å². The van der Waals surface area contributed by atoms with E-state index >= 15 is 0 Å². The van der Waals surface area contributed by atoms with Gasteiger partial charge >= 0.3 is 0 Å². The number of aromatic nitrogens is 2. The Bertz CT molecular complexity index is 384. The summed E-state index contributed by atoms with van der Waals surface area (Å²) in [5.74, 6) is 0. The molecule has 0 aliphatic rings. The van der Waals surface area contributed by atoms with E-state index in [0.29, 0.717) is 6.54 Å². The molecule has 0 radical (unpaired) electrons. The predicted octanol–water partition coefficient (Wildman–Crippen LogP) is 1.91. The first-order valence-corrected chi connectivity index (χ1v) is 6.62. The van der Waals surface area contributed by atoms with Crippen molar-refractivity contribution in [2.75, 3.05) is 20.1 Å². The van der Waals surface area contributed by atoms with Crippen LogP contribution in [0, 0.1) is 12.3 Å². The van der Waals surface area contributed by atoms with Gasteiger partial charge in [-0.25, -0.2) is 0 Å². The summed E-state index contributed by atoms with van der Waals surface area (Å²) >= 11 is 3.59. The normalized spacial score (nSPS) is 12.5. The molecule has 0 unspecified atom stereocenters. The Morgan fingerprint density at radius 3 is 2.47 bits per heavy atom. The van der Waals surface area contributed by atoms with Gasteiger partial charge in [-0.2, -0.15) is 5.10 Å². The molecule has 1 rings (SSSR count). The molecule has 2 N–H and O–H groups in total. The lowest BCUT2D eigenvalue weighted by Crippen LogP contribution is -2.36. The van der Waals surface area contributed by atoms with Crippen LogP contribution in [0.2, 0.25) is 0 Å². The van der Waals surface area contributed by atoms with E-state index in [-0.39, 0.29) is 5.41 Å². The maximum absolute atomic E-state index is 5.76. The Labute approximate surface area is 112 Å². The number of aryl methyl sites for hydroxylation is 2. The first kappa shape index (κ1) is 14.7. The molecule has 0 saturated heterocycles. The predicted molar refractivity (Wildman–Crippen MR) is 74.8 cm³/mol. The molecule has 1 aromatic rings. The van der Waals surface area contributed by atoms with Gasteiger partial charge in [-0.15, -0.1) is 0 Å². The molecule has 0 spiro atoms. The minimum Gasteiger partial charge on any atom is -0.330 e. The lowest BCUT2D eigenvalue weighted by Gasteiger charge is -2.29. The number of nitrogens with zero attached hydrogens (tertiary/aromatic N) is 3. The molecular weight excluding hydrogens is 280 g/mol. The molecule has 0 aromatic carbocycles. The van der Waals surface area contributed by atoms with Crippen LogP contribution >= 0.6 is 15.9 Å². The highest BCUT2D eigenvalue weighted by Crippen LogP contribution is 2.22. The molecule has 0 aliphatic heterocycles. The van der Waals surface area contributed by atoms with Gasteiger partial charge in [-0.3, -0.25) is 9.58 Å². The number of nitrogens with two attached hydrogens (primary N) is 1. The van der Waals surface area contributed by atoms with E-state index in [1.165, 1.54) is 5.69 Å². The standard InChI is InChI=1S/C12H23BrN4/c1-9-11(13)10(17(5)15-9)6-16(4)8-12(2,3)7-14/h6-8,14H2,1-5H3. The second-order valence-electron chi connectivity index (χ2n) is 5.51. The second kappa shape index (κ2) is 5.50. The van der Waals surface area contributed by atoms with Gasteiger partial charge in [0, 0.05) is 20.1 Å². The first-order valence-electron chi connectivity index (χ1n) is 5.83. The van der Waals surface area contributed by atoms with Gasteiger partial charge in [0.25, 0.3) is 0 Å². The largest absolute Gasteiger partial charge is 0.330 e. The van der Waals surface area contributed by atoms with E-state index in [4.69, 9.17) is 5.73 Å². The molecule has 0 atom stereocenters. The van der Waals surface area contributed by atoms with Crippen molar-refractivity contribution in [3.8, 4) is 0 Å². The van der Waals surface area contributed by atoms with Crippen molar-refractivity contribution in [2.24, 2.45) is 18.2 Å². The highest BCUT2D eigenvalue weighted by Gasteiger charge is 2.20. The van der Waals surface area contributed by atoms with Gasteiger partial charge in [-0.05, 0) is 41.9 Å². The van der Waals surface area contributed by atoms with Crippen LogP contribution in [0.5, 0.6) is 0 Å². The van der Waals surface area contributed by atoms with Crippen molar-refractivity contribution in [3.05, 3.63) is 15.9 Å². The zero-order valence-electron chi connectivity index (χ0n) is 11.4. The van der Waals surface area contributed by atoms with Crippen molar-refractivity contribution in [2.45, 2.75) is 27.3 Å². The molecule has 1 aromatic heterocycles. The van der Waals surface area contributed by atoms with Gasteiger partial charge in [0.15, 0.2) is 0 Å². The summed E-state index contributed by atoms with van der Waals surface area (Å²) < 4.78 is 3.04. The SMILES string of the molecule is Cc1nn(C)c(CN(C)CC(C)(C)CN)c1Br. The molecule has 98 valence electrons. The molecule has 0 amide bonds. The van der Waals surface area contributed by atoms with Gasteiger partial charge in [0.05, 0.1) is 15.9 Å². The quantitative estimate of drug-likeness (QED) is 0.904. The molecule has 0 saturated carbocycles. The zero-order valence-corrected chi connectivity index (χ0v) is 13.0. The average Bonchev–Trinajstić information content (AvgIpc) is 2.44. The lowest BCUT2D eigenvalue weighted by molar-refractivity contribution is 0.206. The van der Waals surface area contributed by atoms with Crippen molar-refractivity contribution in [3.63, 3.8) is 0 Å². The molecule has 17 heavy (non-hydrogen) atoms. The minimum atomic E-state index is 0.148. The fourth-order valence-corrected chi connectivity index (χ4v) is 2.42. The summed E-state index contributed by atoms with van der Waals surface area (Å²) in [4.78, 5) is 2.29. The maximum Gasteiger partial charge on any atom is 0.0739 e. The summed E-state index contributed by atoms with van der Waals surface area (Å²) in [6, 6.07) is 0. The van der Waals surface area contributed by atoms with E-state index in [0.717, 1.165) is 23.3 Å². The van der Waals surface area contributed by atoms with E-state index in [1.807, 2.05) is 18.7 Å². The van der Waals surface area contributed by atoms with Crippen molar-refractivity contribution in [1.82, 2.24) is 14.7 Å². The summed E-state index contributed by atoms with van der Waals surface area (Å²) in [5.41, 5.74) is 8.15. The Hall–Kier alpha value is -0.390. The third kappa shape index (κ3) is 3.79. The van der Waals surface area contributed by atoms with Crippen LogP contribution in [0.3, 0.4) is 0 Å². The van der Waals surface area contributed by atoms with Gasteiger partial charge in [-0.1, -0.05) is 13.8 Å². The van der Waals surface area contributed by atoms with Gasteiger partial charge < -0.3 is 5.73 Å². The highest BCUT2D eigenvalue weighted by atomic mass is 79.9. The minimum absolute atomic E-state index is 0.148. The smallest absolute Gasteiger partial charge is 0.0739 e. The molecule has 4 nitrogen and oxygen atoms in total. The average molecular weight is 303 g/mol. The monoisotopic (exact) mass is 302 g/mol. The van der Waals surface area contributed by atoms with Crippen LogP contribution in [0.1, 0.15) is 25.2 Å². The number of hydrogen-bond acceptors (Lipinski definition) is 3. The van der Waals surface area contributed by atoms with Gasteiger partial charge in [0.1, 0.15) is 0 Å². The first-order chi connectivity index (χ1) is 7.76. The summed E-state index contributed by atoms with van der Waals surface area (Å²) in [6.07, 6.45) is 0. The fraction of sp³-hybridized carbons (Fsp3) is 0.750. The van der Waals surface area contributed by atoms with Gasteiger partial charge in [0.2, 0.25) is 0 Å². The summed E-state index contributed by atoms with van der Waals surface area (Å²) in [7, 11) is 4.10. The molecule has 0 fully saturated rings. The summed E-state index contributed by atoms with van der Waals surface area (Å²) in [5, 5.41) is 4.40. The molecule has 5 heteroatoms. The zero-order chi connectivity index (χ0) is 13.2.